The number of aromatic nitrogens is 4. The summed E-state index contributed by atoms with van der Waals surface area (Å²) >= 11 is 0. The maximum atomic E-state index is 10.1. The van der Waals surface area contributed by atoms with Crippen LogP contribution in [0.15, 0.2) is 18.5 Å². The lowest BCUT2D eigenvalue weighted by Crippen LogP contribution is -2.07. The minimum absolute atomic E-state index is 0.435. The van der Waals surface area contributed by atoms with Crippen molar-refractivity contribution in [2.45, 2.75) is 26.4 Å². The highest BCUT2D eigenvalue weighted by Crippen LogP contribution is 2.19. The van der Waals surface area contributed by atoms with Crippen LogP contribution in [0.5, 0.6) is 0 Å². The zero-order chi connectivity index (χ0) is 12.4. The third-order valence-electron chi connectivity index (χ3n) is 2.62. The Balaban J connectivity index is 2.17. The van der Waals surface area contributed by atoms with Crippen LogP contribution in [0, 0.1) is 13.8 Å². The highest BCUT2D eigenvalue weighted by molar-refractivity contribution is 5.25. The van der Waals surface area contributed by atoms with E-state index >= 15 is 0 Å². The Morgan fingerprint density at radius 1 is 1.41 bits per heavy atom. The van der Waals surface area contributed by atoms with Crippen LogP contribution < -0.4 is 0 Å². The fourth-order valence-electron chi connectivity index (χ4n) is 1.86. The first-order valence-electron chi connectivity index (χ1n) is 5.52. The van der Waals surface area contributed by atoms with Crippen molar-refractivity contribution in [3.05, 3.63) is 41.0 Å². The summed E-state index contributed by atoms with van der Waals surface area (Å²) < 4.78 is 1.62. The first kappa shape index (κ1) is 11.7. The summed E-state index contributed by atoms with van der Waals surface area (Å²) in [5, 5.41) is 17.9. The second-order valence-electron chi connectivity index (χ2n) is 4.32. The summed E-state index contributed by atoms with van der Waals surface area (Å²) in [5.41, 5.74) is 3.57. The van der Waals surface area contributed by atoms with Crippen molar-refractivity contribution in [1.82, 2.24) is 20.0 Å². The normalized spacial score (nSPS) is 12.7. The summed E-state index contributed by atoms with van der Waals surface area (Å²) in [6, 6.07) is 2.02. The van der Waals surface area contributed by atoms with Crippen LogP contribution in [-0.4, -0.2) is 25.1 Å². The smallest absolute Gasteiger partial charge is 0.102 e. The van der Waals surface area contributed by atoms with Crippen molar-refractivity contribution in [2.75, 3.05) is 0 Å². The maximum absolute atomic E-state index is 10.1. The number of hydrogen-bond acceptors (Lipinski definition) is 4. The molecule has 90 valence electrons. The number of rotatable bonds is 3. The number of aliphatic hydroxyl groups excluding tert-OH is 1. The van der Waals surface area contributed by atoms with E-state index in [2.05, 4.69) is 15.3 Å². The number of aliphatic hydroxyl groups is 1. The van der Waals surface area contributed by atoms with Crippen LogP contribution in [0.4, 0.5) is 0 Å². The van der Waals surface area contributed by atoms with Gasteiger partial charge in [-0.25, -0.2) is 0 Å². The van der Waals surface area contributed by atoms with Crippen LogP contribution in [-0.2, 0) is 13.5 Å². The van der Waals surface area contributed by atoms with Crippen molar-refractivity contribution in [3.8, 4) is 0 Å². The van der Waals surface area contributed by atoms with Crippen LogP contribution in [0.2, 0.25) is 0 Å². The van der Waals surface area contributed by atoms with Crippen LogP contribution in [0.25, 0.3) is 0 Å². The van der Waals surface area contributed by atoms with E-state index in [-0.39, 0.29) is 0 Å². The van der Waals surface area contributed by atoms with Crippen molar-refractivity contribution in [3.63, 3.8) is 0 Å². The van der Waals surface area contributed by atoms with Crippen molar-refractivity contribution in [1.29, 1.82) is 0 Å². The number of pyridine rings is 1. The lowest BCUT2D eigenvalue weighted by molar-refractivity contribution is 0.171. The highest BCUT2D eigenvalue weighted by atomic mass is 16.3. The summed E-state index contributed by atoms with van der Waals surface area (Å²) in [6.07, 6.45) is 3.37. The molecule has 1 atom stereocenters. The third kappa shape index (κ3) is 2.68. The third-order valence-corrected chi connectivity index (χ3v) is 2.62. The van der Waals surface area contributed by atoms with Crippen LogP contribution >= 0.6 is 0 Å². The predicted octanol–water partition coefficient (Wildman–Crippen LogP) is 1.10. The van der Waals surface area contributed by atoms with Gasteiger partial charge in [0, 0.05) is 25.9 Å². The van der Waals surface area contributed by atoms with Gasteiger partial charge in [-0.2, -0.15) is 0 Å². The molecule has 0 radical (unpaired) electrons. The molecule has 5 heteroatoms. The molecule has 2 heterocycles. The minimum atomic E-state index is -0.632. The van der Waals surface area contributed by atoms with Gasteiger partial charge in [-0.15, -0.1) is 5.10 Å². The second-order valence-corrected chi connectivity index (χ2v) is 4.32. The van der Waals surface area contributed by atoms with Gasteiger partial charge in [0.2, 0.25) is 0 Å². The van der Waals surface area contributed by atoms with E-state index in [9.17, 15) is 5.11 Å². The number of hydrogen-bond donors (Lipinski definition) is 1. The Kier molecular flexibility index (Phi) is 3.19. The maximum Gasteiger partial charge on any atom is 0.102 e. The van der Waals surface area contributed by atoms with Gasteiger partial charge in [0.15, 0.2) is 0 Å². The molecule has 0 bridgehead atoms. The Bertz CT molecular complexity index is 521. The second kappa shape index (κ2) is 4.63. The highest BCUT2D eigenvalue weighted by Gasteiger charge is 2.14. The van der Waals surface area contributed by atoms with E-state index in [0.29, 0.717) is 12.1 Å². The van der Waals surface area contributed by atoms with Gasteiger partial charge < -0.3 is 5.11 Å². The van der Waals surface area contributed by atoms with Crippen LogP contribution in [0.1, 0.15) is 28.6 Å². The van der Waals surface area contributed by atoms with E-state index in [1.54, 1.807) is 24.1 Å². The molecule has 0 saturated heterocycles. The van der Waals surface area contributed by atoms with E-state index in [1.165, 1.54) is 0 Å². The number of nitrogens with zero attached hydrogens (tertiary/aromatic N) is 4. The molecule has 0 spiro atoms. The molecule has 0 amide bonds. The molecule has 2 aromatic rings. The first-order valence-corrected chi connectivity index (χ1v) is 5.52. The molecule has 0 aromatic carbocycles. The van der Waals surface area contributed by atoms with Gasteiger partial charge in [0.1, 0.15) is 6.10 Å². The molecule has 5 nitrogen and oxygen atoms in total. The standard InChI is InChI=1S/C12H16N4O/c1-8-4-9(2)12(13-6-8)11(17)5-10-7-16(3)15-14-10/h4,6-7,11,17H,5H2,1-3H3. The quantitative estimate of drug-likeness (QED) is 0.860. The molecular formula is C12H16N4O. The van der Waals surface area contributed by atoms with Crippen molar-refractivity contribution in [2.24, 2.45) is 7.05 Å². The van der Waals surface area contributed by atoms with Gasteiger partial charge in [-0.3, -0.25) is 9.67 Å². The molecule has 0 fully saturated rings. The van der Waals surface area contributed by atoms with E-state index < -0.39 is 6.10 Å². The molecule has 0 aliphatic heterocycles. The molecule has 1 unspecified atom stereocenters. The summed E-state index contributed by atoms with van der Waals surface area (Å²) in [5.74, 6) is 0. The van der Waals surface area contributed by atoms with Gasteiger partial charge >= 0.3 is 0 Å². The van der Waals surface area contributed by atoms with E-state index in [4.69, 9.17) is 0 Å². The Labute approximate surface area is 100 Å². The van der Waals surface area contributed by atoms with E-state index in [1.807, 2.05) is 19.9 Å². The van der Waals surface area contributed by atoms with Gasteiger partial charge in [-0.1, -0.05) is 11.3 Å². The lowest BCUT2D eigenvalue weighted by atomic mass is 10.1. The Morgan fingerprint density at radius 3 is 2.76 bits per heavy atom. The molecular weight excluding hydrogens is 216 g/mol. The predicted molar refractivity (Wildman–Crippen MR) is 63.4 cm³/mol. The molecule has 0 aliphatic rings. The molecule has 2 rings (SSSR count). The van der Waals surface area contributed by atoms with Gasteiger partial charge in [0.25, 0.3) is 0 Å². The Morgan fingerprint density at radius 2 is 2.18 bits per heavy atom. The zero-order valence-electron chi connectivity index (χ0n) is 10.3. The lowest BCUT2D eigenvalue weighted by Gasteiger charge is -2.11. The fraction of sp³-hybridized carbons (Fsp3) is 0.417. The Hall–Kier alpha value is -1.75. The minimum Gasteiger partial charge on any atom is -0.386 e. The van der Waals surface area contributed by atoms with Crippen molar-refractivity contribution >= 4 is 0 Å². The molecule has 0 aliphatic carbocycles. The average Bonchev–Trinajstić information content (AvgIpc) is 2.63. The van der Waals surface area contributed by atoms with Crippen LogP contribution in [0.3, 0.4) is 0 Å². The average molecular weight is 232 g/mol. The largest absolute Gasteiger partial charge is 0.386 e. The first-order chi connectivity index (χ1) is 8.06. The summed E-state index contributed by atoms with van der Waals surface area (Å²) in [4.78, 5) is 4.28. The molecule has 0 saturated carbocycles. The fourth-order valence-corrected chi connectivity index (χ4v) is 1.86. The van der Waals surface area contributed by atoms with Crippen molar-refractivity contribution < 1.29 is 5.11 Å². The molecule has 17 heavy (non-hydrogen) atoms. The molecule has 2 aromatic heterocycles. The van der Waals surface area contributed by atoms with Gasteiger partial charge in [0.05, 0.1) is 11.4 Å². The summed E-state index contributed by atoms with van der Waals surface area (Å²) in [7, 11) is 1.80. The monoisotopic (exact) mass is 232 g/mol. The SMILES string of the molecule is Cc1cnc(C(O)Cc2cn(C)nn2)c(C)c1. The van der Waals surface area contributed by atoms with Gasteiger partial charge in [-0.05, 0) is 25.0 Å². The topological polar surface area (TPSA) is 63.8 Å². The molecule has 1 N–H and O–H groups in total. The number of aryl methyl sites for hydroxylation is 3. The zero-order valence-corrected chi connectivity index (χ0v) is 10.3. The summed E-state index contributed by atoms with van der Waals surface area (Å²) in [6.45, 7) is 3.94. The van der Waals surface area contributed by atoms with E-state index in [0.717, 1.165) is 16.8 Å².